The van der Waals surface area contributed by atoms with Gasteiger partial charge in [-0.2, -0.15) is 0 Å². The van der Waals surface area contributed by atoms with E-state index in [1.54, 1.807) is 24.0 Å². The van der Waals surface area contributed by atoms with Gasteiger partial charge in [-0.05, 0) is 40.9 Å². The first kappa shape index (κ1) is 12.8. The molecule has 1 aromatic rings. The van der Waals surface area contributed by atoms with Gasteiger partial charge in [-0.25, -0.2) is 4.39 Å². The van der Waals surface area contributed by atoms with Gasteiger partial charge < -0.3 is 4.90 Å². The molecule has 0 radical (unpaired) electrons. The molecule has 1 unspecified atom stereocenters. The molecule has 2 rings (SSSR count). The van der Waals surface area contributed by atoms with Gasteiger partial charge in [0, 0.05) is 30.1 Å². The summed E-state index contributed by atoms with van der Waals surface area (Å²) in [5.74, 6) is 0.320. The van der Waals surface area contributed by atoms with E-state index in [1.807, 2.05) is 0 Å². The van der Waals surface area contributed by atoms with Crippen LogP contribution in [0.25, 0.3) is 0 Å². The first-order valence-corrected chi connectivity index (χ1v) is 6.68. The third-order valence-corrected chi connectivity index (χ3v) is 4.07. The number of anilines is 1. The summed E-state index contributed by atoms with van der Waals surface area (Å²) in [4.78, 5) is 13.4. The molecular weight excluding hydrogens is 308 g/mol. The zero-order valence-electron chi connectivity index (χ0n) is 9.34. The number of amides is 1. The highest BCUT2D eigenvalue weighted by molar-refractivity contribution is 9.10. The second-order valence-corrected chi connectivity index (χ2v) is 5.40. The van der Waals surface area contributed by atoms with Crippen LogP contribution in [0.1, 0.15) is 12.0 Å². The Bertz CT molecular complexity index is 466. The SMILES string of the molecule is Cc1c(N2CC(CCl)CC2=O)ccc(Br)c1F. The number of alkyl halides is 1. The normalized spacial score (nSPS) is 20.1. The fraction of sp³-hybridized carbons (Fsp3) is 0.417. The number of carbonyl (C=O) groups excluding carboxylic acids is 1. The molecule has 2 nitrogen and oxygen atoms in total. The Morgan fingerprint density at radius 1 is 1.59 bits per heavy atom. The maximum atomic E-state index is 13.7. The largest absolute Gasteiger partial charge is 0.312 e. The summed E-state index contributed by atoms with van der Waals surface area (Å²) in [6.45, 7) is 2.25. The number of hydrogen-bond donors (Lipinski definition) is 0. The maximum absolute atomic E-state index is 13.7. The van der Waals surface area contributed by atoms with E-state index in [-0.39, 0.29) is 17.6 Å². The van der Waals surface area contributed by atoms with Gasteiger partial charge in [-0.15, -0.1) is 11.6 Å². The summed E-state index contributed by atoms with van der Waals surface area (Å²) in [7, 11) is 0. The quantitative estimate of drug-likeness (QED) is 0.764. The smallest absolute Gasteiger partial charge is 0.227 e. The second kappa shape index (κ2) is 4.94. The van der Waals surface area contributed by atoms with E-state index < -0.39 is 0 Å². The molecule has 0 bridgehead atoms. The van der Waals surface area contributed by atoms with Gasteiger partial charge in [0.1, 0.15) is 5.82 Å². The van der Waals surface area contributed by atoms with Crippen LogP contribution in [0.4, 0.5) is 10.1 Å². The van der Waals surface area contributed by atoms with Crippen molar-refractivity contribution in [2.75, 3.05) is 17.3 Å². The molecule has 1 aliphatic rings. The van der Waals surface area contributed by atoms with Crippen LogP contribution in [0.5, 0.6) is 0 Å². The lowest BCUT2D eigenvalue weighted by Gasteiger charge is -2.19. The molecule has 0 spiro atoms. The number of rotatable bonds is 2. The molecule has 1 amide bonds. The lowest BCUT2D eigenvalue weighted by atomic mass is 10.1. The fourth-order valence-corrected chi connectivity index (χ4v) is 2.69. The van der Waals surface area contributed by atoms with Crippen molar-refractivity contribution < 1.29 is 9.18 Å². The first-order valence-electron chi connectivity index (χ1n) is 5.35. The van der Waals surface area contributed by atoms with Crippen molar-refractivity contribution in [2.45, 2.75) is 13.3 Å². The molecule has 92 valence electrons. The van der Waals surface area contributed by atoms with Crippen LogP contribution in [0.15, 0.2) is 16.6 Å². The van der Waals surface area contributed by atoms with E-state index >= 15 is 0 Å². The van der Waals surface area contributed by atoms with Crippen molar-refractivity contribution in [2.24, 2.45) is 5.92 Å². The molecule has 1 fully saturated rings. The van der Waals surface area contributed by atoms with Gasteiger partial charge in [0.2, 0.25) is 5.91 Å². The molecule has 1 heterocycles. The topological polar surface area (TPSA) is 20.3 Å². The predicted octanol–water partition coefficient (Wildman–Crippen LogP) is 3.49. The van der Waals surface area contributed by atoms with Crippen LogP contribution >= 0.6 is 27.5 Å². The first-order chi connectivity index (χ1) is 8.04. The molecule has 1 aromatic carbocycles. The maximum Gasteiger partial charge on any atom is 0.227 e. The van der Waals surface area contributed by atoms with Gasteiger partial charge in [0.15, 0.2) is 0 Å². The van der Waals surface area contributed by atoms with Crippen LogP contribution in [0, 0.1) is 18.7 Å². The zero-order chi connectivity index (χ0) is 12.6. The molecule has 0 saturated carbocycles. The summed E-state index contributed by atoms with van der Waals surface area (Å²) < 4.78 is 14.2. The molecule has 17 heavy (non-hydrogen) atoms. The summed E-state index contributed by atoms with van der Waals surface area (Å²) >= 11 is 8.89. The fourth-order valence-electron chi connectivity index (χ4n) is 2.05. The average molecular weight is 321 g/mol. The number of carbonyl (C=O) groups is 1. The van der Waals surface area contributed by atoms with E-state index in [4.69, 9.17) is 11.6 Å². The van der Waals surface area contributed by atoms with Gasteiger partial charge in [-0.1, -0.05) is 0 Å². The van der Waals surface area contributed by atoms with Crippen molar-refractivity contribution >= 4 is 39.1 Å². The Labute approximate surface area is 113 Å². The highest BCUT2D eigenvalue weighted by atomic mass is 79.9. The lowest BCUT2D eigenvalue weighted by molar-refractivity contribution is -0.117. The zero-order valence-corrected chi connectivity index (χ0v) is 11.7. The van der Waals surface area contributed by atoms with Crippen LogP contribution in [-0.2, 0) is 4.79 Å². The highest BCUT2D eigenvalue weighted by Gasteiger charge is 2.31. The van der Waals surface area contributed by atoms with Gasteiger partial charge >= 0.3 is 0 Å². The molecule has 0 aromatic heterocycles. The van der Waals surface area contributed by atoms with Crippen molar-refractivity contribution in [3.05, 3.63) is 28.0 Å². The molecule has 1 aliphatic heterocycles. The van der Waals surface area contributed by atoms with Crippen LogP contribution in [-0.4, -0.2) is 18.3 Å². The number of hydrogen-bond acceptors (Lipinski definition) is 1. The molecule has 0 aliphatic carbocycles. The molecule has 1 saturated heterocycles. The van der Waals surface area contributed by atoms with Crippen LogP contribution in [0.3, 0.4) is 0 Å². The Balaban J connectivity index is 2.35. The minimum absolute atomic E-state index is 0.0143. The van der Waals surface area contributed by atoms with E-state index in [1.165, 1.54) is 0 Å². The van der Waals surface area contributed by atoms with Crippen molar-refractivity contribution in [1.29, 1.82) is 0 Å². The van der Waals surface area contributed by atoms with Crippen LogP contribution in [0.2, 0.25) is 0 Å². The van der Waals surface area contributed by atoms with Gasteiger partial charge in [-0.3, -0.25) is 4.79 Å². The Morgan fingerprint density at radius 2 is 2.29 bits per heavy atom. The van der Waals surface area contributed by atoms with Gasteiger partial charge in [0.05, 0.1) is 4.47 Å². The predicted molar refractivity (Wildman–Crippen MR) is 70.0 cm³/mol. The monoisotopic (exact) mass is 319 g/mol. The number of benzene rings is 1. The Hall–Kier alpha value is -0.610. The van der Waals surface area contributed by atoms with E-state index in [0.717, 1.165) is 0 Å². The second-order valence-electron chi connectivity index (χ2n) is 4.23. The van der Waals surface area contributed by atoms with Gasteiger partial charge in [0.25, 0.3) is 0 Å². The highest BCUT2D eigenvalue weighted by Crippen LogP contribution is 2.32. The van der Waals surface area contributed by atoms with E-state index in [9.17, 15) is 9.18 Å². The van der Waals surface area contributed by atoms with E-state index in [2.05, 4.69) is 15.9 Å². The molecule has 1 atom stereocenters. The summed E-state index contributed by atoms with van der Waals surface area (Å²) in [5.41, 5.74) is 1.13. The molecule has 5 heteroatoms. The summed E-state index contributed by atoms with van der Waals surface area (Å²) in [6.07, 6.45) is 0.445. The van der Waals surface area contributed by atoms with Crippen LogP contribution < -0.4 is 4.90 Å². The molecule has 0 N–H and O–H groups in total. The Morgan fingerprint density at radius 3 is 2.88 bits per heavy atom. The minimum atomic E-state index is -0.315. The van der Waals surface area contributed by atoms with E-state index in [0.29, 0.717) is 34.6 Å². The molecular formula is C12H12BrClFNO. The van der Waals surface area contributed by atoms with Crippen molar-refractivity contribution in [1.82, 2.24) is 0 Å². The third-order valence-electron chi connectivity index (χ3n) is 3.02. The third kappa shape index (κ3) is 2.33. The lowest BCUT2D eigenvalue weighted by Crippen LogP contribution is -2.25. The summed E-state index contributed by atoms with van der Waals surface area (Å²) in [6, 6.07) is 3.38. The van der Waals surface area contributed by atoms with Crippen molar-refractivity contribution in [3.8, 4) is 0 Å². The number of nitrogens with zero attached hydrogens (tertiary/aromatic N) is 1. The number of halogens is 3. The standard InChI is InChI=1S/C12H12BrClFNO/c1-7-10(3-2-9(13)12(7)15)16-6-8(5-14)4-11(16)17/h2-3,8H,4-6H2,1H3. The van der Waals surface area contributed by atoms with Crippen molar-refractivity contribution in [3.63, 3.8) is 0 Å². The average Bonchev–Trinajstić information content (AvgIpc) is 2.68. The summed E-state index contributed by atoms with van der Waals surface area (Å²) in [5, 5.41) is 0. The minimum Gasteiger partial charge on any atom is -0.312 e. The Kier molecular flexibility index (Phi) is 3.73.